The molecule has 0 unspecified atom stereocenters. The molecule has 1 aromatic carbocycles. The number of benzene rings is 1. The van der Waals surface area contributed by atoms with E-state index in [9.17, 15) is 18.0 Å². The average Bonchev–Trinajstić information content (AvgIpc) is 2.56. The van der Waals surface area contributed by atoms with Crippen molar-refractivity contribution >= 4 is 33.4 Å². The fraction of sp³-hybridized carbons (Fsp3) is 0.467. The summed E-state index contributed by atoms with van der Waals surface area (Å²) in [4.78, 5) is 28.6. The number of ketones is 1. The summed E-state index contributed by atoms with van der Waals surface area (Å²) in [5, 5.41) is 0.0438. The van der Waals surface area contributed by atoms with Crippen LogP contribution in [0.15, 0.2) is 23.1 Å². The highest BCUT2D eigenvalue weighted by atomic mass is 35.5. The van der Waals surface area contributed by atoms with Gasteiger partial charge in [0.1, 0.15) is 0 Å². The number of hydroxylamine groups is 1. The maximum absolute atomic E-state index is 12.3. The average molecular weight is 376 g/mol. The Hall–Kier alpha value is -1.48. The first kappa shape index (κ1) is 18.9. The van der Waals surface area contributed by atoms with Gasteiger partial charge in [-0.1, -0.05) is 16.1 Å². The number of rotatable bonds is 5. The topological polar surface area (TPSA) is 90.0 Å². The molecule has 0 radical (unpaired) electrons. The second kappa shape index (κ2) is 7.60. The maximum Gasteiger partial charge on any atom is 0.340 e. The minimum absolute atomic E-state index is 0.0438. The molecule has 0 aromatic heterocycles. The minimum atomic E-state index is -3.93. The van der Waals surface area contributed by atoms with E-state index in [2.05, 4.69) is 4.84 Å². The van der Waals surface area contributed by atoms with Crippen LogP contribution in [0.25, 0.3) is 0 Å². The van der Waals surface area contributed by atoms with Crippen LogP contribution in [-0.2, 0) is 24.4 Å². The van der Waals surface area contributed by atoms with Gasteiger partial charge in [-0.3, -0.25) is 9.63 Å². The number of carbonyl (C=O) groups excluding carboxylic acids is 2. The lowest BCUT2D eigenvalue weighted by Crippen LogP contribution is -2.30. The summed E-state index contributed by atoms with van der Waals surface area (Å²) < 4.78 is 30.4. The van der Waals surface area contributed by atoms with Crippen LogP contribution in [-0.4, -0.2) is 44.9 Å². The fourth-order valence-electron chi connectivity index (χ4n) is 2.34. The van der Waals surface area contributed by atoms with Gasteiger partial charge in [0.25, 0.3) is 10.0 Å². The first-order chi connectivity index (χ1) is 11.3. The SMILES string of the molecule is CON(C)S(=O)(=O)c1ccc(Cl)c(C(=O)O[C@H]2CCCCC2=O)c1. The van der Waals surface area contributed by atoms with Crippen molar-refractivity contribution in [3.05, 3.63) is 28.8 Å². The molecular weight excluding hydrogens is 358 g/mol. The van der Waals surface area contributed by atoms with Crippen LogP contribution >= 0.6 is 11.6 Å². The number of hydrogen-bond acceptors (Lipinski definition) is 6. The van der Waals surface area contributed by atoms with Crippen LogP contribution in [0.2, 0.25) is 5.02 Å². The molecule has 1 aromatic rings. The van der Waals surface area contributed by atoms with Crippen LogP contribution in [0, 0.1) is 0 Å². The number of halogens is 1. The van der Waals surface area contributed by atoms with Gasteiger partial charge in [0, 0.05) is 13.5 Å². The molecule has 1 atom stereocenters. The van der Waals surface area contributed by atoms with Gasteiger partial charge in [-0.05, 0) is 37.5 Å². The Kier molecular flexibility index (Phi) is 5.97. The number of sulfonamides is 1. The predicted octanol–water partition coefficient (Wildman–Crippen LogP) is 2.19. The Morgan fingerprint density at radius 2 is 2.04 bits per heavy atom. The van der Waals surface area contributed by atoms with E-state index in [1.807, 2.05) is 0 Å². The van der Waals surface area contributed by atoms with Gasteiger partial charge in [-0.15, -0.1) is 0 Å². The largest absolute Gasteiger partial charge is 0.451 e. The lowest BCUT2D eigenvalue weighted by Gasteiger charge is -2.21. The second-order valence-corrected chi connectivity index (χ2v) is 7.69. The van der Waals surface area contributed by atoms with Crippen molar-refractivity contribution in [3.63, 3.8) is 0 Å². The van der Waals surface area contributed by atoms with Gasteiger partial charge in [0.2, 0.25) is 0 Å². The summed E-state index contributed by atoms with van der Waals surface area (Å²) >= 11 is 5.98. The van der Waals surface area contributed by atoms with Crippen molar-refractivity contribution in [2.45, 2.75) is 36.7 Å². The molecule has 1 saturated carbocycles. The molecule has 1 fully saturated rings. The van der Waals surface area contributed by atoms with Crippen LogP contribution in [0.4, 0.5) is 0 Å². The van der Waals surface area contributed by atoms with E-state index in [0.717, 1.165) is 18.9 Å². The van der Waals surface area contributed by atoms with Gasteiger partial charge < -0.3 is 4.74 Å². The Morgan fingerprint density at radius 1 is 1.33 bits per heavy atom. The molecule has 2 rings (SSSR count). The summed E-state index contributed by atoms with van der Waals surface area (Å²) in [5.74, 6) is -0.953. The van der Waals surface area contributed by atoms with Crippen LogP contribution < -0.4 is 0 Å². The van der Waals surface area contributed by atoms with Crippen molar-refractivity contribution in [2.75, 3.05) is 14.2 Å². The van der Waals surface area contributed by atoms with Crippen LogP contribution in [0.5, 0.6) is 0 Å². The Labute approximate surface area is 145 Å². The molecule has 0 spiro atoms. The summed E-state index contributed by atoms with van der Waals surface area (Å²) in [7, 11) is -1.50. The molecule has 0 N–H and O–H groups in total. The van der Waals surface area contributed by atoms with Gasteiger partial charge in [0.15, 0.2) is 11.9 Å². The summed E-state index contributed by atoms with van der Waals surface area (Å²) in [6.45, 7) is 0. The van der Waals surface area contributed by atoms with Crippen molar-refractivity contribution in [1.82, 2.24) is 4.47 Å². The molecule has 0 saturated heterocycles. The molecule has 1 aliphatic rings. The highest BCUT2D eigenvalue weighted by Crippen LogP contribution is 2.25. The van der Waals surface area contributed by atoms with Crippen LogP contribution in [0.3, 0.4) is 0 Å². The second-order valence-electron chi connectivity index (χ2n) is 5.35. The van der Waals surface area contributed by atoms with E-state index in [4.69, 9.17) is 16.3 Å². The first-order valence-corrected chi connectivity index (χ1v) is 9.15. The summed E-state index contributed by atoms with van der Waals surface area (Å²) in [5.41, 5.74) is -0.111. The molecule has 9 heteroatoms. The zero-order valence-electron chi connectivity index (χ0n) is 13.3. The molecule has 0 bridgehead atoms. The molecular formula is C15H18ClNO6S. The Morgan fingerprint density at radius 3 is 2.67 bits per heavy atom. The molecule has 0 amide bonds. The number of esters is 1. The Balaban J connectivity index is 2.28. The predicted molar refractivity (Wildman–Crippen MR) is 86.1 cm³/mol. The molecule has 132 valence electrons. The standard InChI is InChI=1S/C15H18ClNO6S/c1-17(22-2)24(20,21)10-7-8-12(16)11(9-10)15(19)23-14-6-4-3-5-13(14)18/h7-9,14H,3-6H2,1-2H3/t14-/m0/s1. The fourth-order valence-corrected chi connectivity index (χ4v) is 3.53. The molecule has 0 aliphatic heterocycles. The maximum atomic E-state index is 12.3. The van der Waals surface area contributed by atoms with E-state index in [-0.39, 0.29) is 21.3 Å². The first-order valence-electron chi connectivity index (χ1n) is 7.33. The molecule has 7 nitrogen and oxygen atoms in total. The van der Waals surface area contributed by atoms with Crippen molar-refractivity contribution in [2.24, 2.45) is 0 Å². The number of carbonyl (C=O) groups is 2. The zero-order chi connectivity index (χ0) is 17.9. The quantitative estimate of drug-likeness (QED) is 0.578. The number of ether oxygens (including phenoxy) is 1. The number of Topliss-reactive ketones (excluding diaryl/α,β-unsaturated/α-hetero) is 1. The Bertz CT molecular complexity index is 748. The normalized spacial score (nSPS) is 18.7. The van der Waals surface area contributed by atoms with E-state index in [0.29, 0.717) is 17.3 Å². The van der Waals surface area contributed by atoms with Gasteiger partial charge in [-0.25, -0.2) is 13.2 Å². The molecule has 1 aliphatic carbocycles. The smallest absolute Gasteiger partial charge is 0.340 e. The number of hydrogen-bond donors (Lipinski definition) is 0. The third-order valence-corrected chi connectivity index (χ3v) is 5.80. The molecule has 24 heavy (non-hydrogen) atoms. The zero-order valence-corrected chi connectivity index (χ0v) is 14.9. The van der Waals surface area contributed by atoms with Crippen LogP contribution in [0.1, 0.15) is 36.0 Å². The van der Waals surface area contributed by atoms with Gasteiger partial charge in [-0.2, -0.15) is 0 Å². The summed E-state index contributed by atoms with van der Waals surface area (Å²) in [6.07, 6.45) is 1.62. The van der Waals surface area contributed by atoms with E-state index < -0.39 is 22.1 Å². The lowest BCUT2D eigenvalue weighted by atomic mass is 9.96. The third-order valence-electron chi connectivity index (χ3n) is 3.80. The van der Waals surface area contributed by atoms with Crippen molar-refractivity contribution in [1.29, 1.82) is 0 Å². The summed E-state index contributed by atoms with van der Waals surface area (Å²) in [6, 6.07) is 3.66. The highest BCUT2D eigenvalue weighted by molar-refractivity contribution is 7.89. The van der Waals surface area contributed by atoms with Crippen molar-refractivity contribution < 1.29 is 27.6 Å². The third kappa shape index (κ3) is 3.94. The van der Waals surface area contributed by atoms with Gasteiger partial charge in [0.05, 0.1) is 22.6 Å². The highest BCUT2D eigenvalue weighted by Gasteiger charge is 2.28. The van der Waals surface area contributed by atoms with Crippen molar-refractivity contribution in [3.8, 4) is 0 Å². The van der Waals surface area contributed by atoms with E-state index >= 15 is 0 Å². The van der Waals surface area contributed by atoms with Gasteiger partial charge >= 0.3 is 5.97 Å². The monoisotopic (exact) mass is 375 g/mol. The number of nitrogens with zero attached hydrogens (tertiary/aromatic N) is 1. The lowest BCUT2D eigenvalue weighted by molar-refractivity contribution is -0.129. The minimum Gasteiger partial charge on any atom is -0.451 e. The van der Waals surface area contributed by atoms with E-state index in [1.54, 1.807) is 0 Å². The molecule has 0 heterocycles. The van der Waals surface area contributed by atoms with E-state index in [1.165, 1.54) is 26.3 Å².